The number of methoxy groups -OCH3 is 2. The fourth-order valence-corrected chi connectivity index (χ4v) is 4.94. The summed E-state index contributed by atoms with van der Waals surface area (Å²) in [6.07, 6.45) is 0. The van der Waals surface area contributed by atoms with E-state index in [4.69, 9.17) is 14.2 Å². The van der Waals surface area contributed by atoms with Crippen LogP contribution in [0, 0.1) is 20.8 Å². The molecule has 35 heavy (non-hydrogen) atoms. The van der Waals surface area contributed by atoms with Gasteiger partial charge in [-0.2, -0.15) is 0 Å². The van der Waals surface area contributed by atoms with Gasteiger partial charge in [-0.1, -0.05) is 17.8 Å². The summed E-state index contributed by atoms with van der Waals surface area (Å²) in [5.74, 6) is -0.274. The average Bonchev–Trinajstić information content (AvgIpc) is 3.36. The minimum Gasteiger partial charge on any atom is -0.486 e. The Morgan fingerprint density at radius 2 is 1.77 bits per heavy atom. The second-order valence-electron chi connectivity index (χ2n) is 7.57. The highest BCUT2D eigenvalue weighted by Crippen LogP contribution is 2.34. The van der Waals surface area contributed by atoms with Crippen molar-refractivity contribution < 1.29 is 28.6 Å². The average molecular weight is 519 g/mol. The molecule has 2 heterocycles. The Balaban J connectivity index is 1.64. The molecule has 0 saturated carbocycles. The number of aryl methyl sites for hydroxylation is 2. The highest BCUT2D eigenvalue weighted by molar-refractivity contribution is 7.99. The van der Waals surface area contributed by atoms with Crippen LogP contribution in [0.2, 0.25) is 0 Å². The molecule has 0 aliphatic heterocycles. The third-order valence-electron chi connectivity index (χ3n) is 5.26. The van der Waals surface area contributed by atoms with Gasteiger partial charge in [-0.3, -0.25) is 4.79 Å². The first-order valence-electron chi connectivity index (χ1n) is 10.5. The smallest absolute Gasteiger partial charge is 0.348 e. The lowest BCUT2D eigenvalue weighted by Crippen LogP contribution is -2.16. The van der Waals surface area contributed by atoms with Crippen molar-refractivity contribution in [2.45, 2.75) is 32.5 Å². The summed E-state index contributed by atoms with van der Waals surface area (Å²) >= 11 is 2.14. The fourth-order valence-electron chi connectivity index (χ4n) is 3.08. The number of thioether (sulfide) groups is 1. The van der Waals surface area contributed by atoms with E-state index in [2.05, 4.69) is 15.5 Å². The van der Waals surface area contributed by atoms with E-state index in [1.165, 1.54) is 31.5 Å². The number of amides is 1. The predicted octanol–water partition coefficient (Wildman–Crippen LogP) is 3.68. The molecule has 0 unspecified atom stereocenters. The predicted molar refractivity (Wildman–Crippen MR) is 132 cm³/mol. The molecule has 0 aliphatic rings. The molecule has 12 heteroatoms. The molecule has 0 aliphatic carbocycles. The van der Waals surface area contributed by atoms with Crippen LogP contribution in [0.5, 0.6) is 5.75 Å². The SMILES string of the molecule is COC(=O)c1sc(NC(=O)CSc2nnc(COc3ccc(C)c(C)c3)n2C)c(C(=O)OC)c1C. The highest BCUT2D eigenvalue weighted by Gasteiger charge is 2.27. The van der Waals surface area contributed by atoms with Crippen molar-refractivity contribution in [2.75, 3.05) is 25.3 Å². The molecule has 1 amide bonds. The monoisotopic (exact) mass is 518 g/mol. The van der Waals surface area contributed by atoms with Gasteiger partial charge in [-0.25, -0.2) is 9.59 Å². The normalized spacial score (nSPS) is 10.7. The number of thiophene rings is 1. The molecule has 3 aromatic rings. The van der Waals surface area contributed by atoms with Gasteiger partial charge in [-0.05, 0) is 49.6 Å². The Labute approximate surface area is 211 Å². The van der Waals surface area contributed by atoms with Crippen LogP contribution in [0.25, 0.3) is 0 Å². The number of benzene rings is 1. The van der Waals surface area contributed by atoms with E-state index < -0.39 is 11.9 Å². The lowest BCUT2D eigenvalue weighted by molar-refractivity contribution is -0.113. The number of hydrogen-bond acceptors (Lipinski definition) is 10. The van der Waals surface area contributed by atoms with Crippen LogP contribution in [0.15, 0.2) is 23.4 Å². The Hall–Kier alpha value is -3.38. The summed E-state index contributed by atoms with van der Waals surface area (Å²) in [6, 6.07) is 5.86. The van der Waals surface area contributed by atoms with Crippen LogP contribution in [0.3, 0.4) is 0 Å². The van der Waals surface area contributed by atoms with E-state index in [0.717, 1.165) is 22.6 Å². The molecular weight excluding hydrogens is 492 g/mol. The van der Waals surface area contributed by atoms with Crippen molar-refractivity contribution in [2.24, 2.45) is 7.05 Å². The molecule has 0 bridgehead atoms. The number of aromatic nitrogens is 3. The topological polar surface area (TPSA) is 122 Å². The first kappa shape index (κ1) is 26.2. The third-order valence-corrected chi connectivity index (χ3v) is 7.47. The van der Waals surface area contributed by atoms with E-state index in [1.807, 2.05) is 32.0 Å². The van der Waals surface area contributed by atoms with Crippen LogP contribution in [0.1, 0.15) is 42.5 Å². The number of anilines is 1. The summed E-state index contributed by atoms with van der Waals surface area (Å²) in [6.45, 7) is 5.88. The zero-order valence-corrected chi connectivity index (χ0v) is 21.9. The Kier molecular flexibility index (Phi) is 8.52. The minimum atomic E-state index is -0.654. The van der Waals surface area contributed by atoms with Gasteiger partial charge in [0.25, 0.3) is 0 Å². The standard InChI is InChI=1S/C23H26N4O6S2/c1-12-7-8-15(9-13(12)2)33-10-16-25-26-23(27(16)4)34-11-17(28)24-20-18(21(29)31-5)14(3)19(35-20)22(30)32-6/h7-9H,10-11H2,1-6H3,(H,24,28). The van der Waals surface area contributed by atoms with Gasteiger partial charge in [0, 0.05) is 7.05 Å². The molecule has 3 rings (SSSR count). The number of nitrogens with one attached hydrogen (secondary N) is 1. The molecule has 0 radical (unpaired) electrons. The molecule has 0 spiro atoms. The number of esters is 2. The van der Waals surface area contributed by atoms with Gasteiger partial charge >= 0.3 is 11.9 Å². The third kappa shape index (κ3) is 6.01. The Morgan fingerprint density at radius 1 is 1.06 bits per heavy atom. The molecule has 1 aromatic carbocycles. The van der Waals surface area contributed by atoms with Crippen molar-refractivity contribution in [1.82, 2.24) is 14.8 Å². The molecule has 186 valence electrons. The van der Waals surface area contributed by atoms with Crippen molar-refractivity contribution in [3.8, 4) is 5.75 Å². The maximum Gasteiger partial charge on any atom is 0.348 e. The van der Waals surface area contributed by atoms with Crippen molar-refractivity contribution in [1.29, 1.82) is 0 Å². The number of carbonyl (C=O) groups excluding carboxylic acids is 3. The largest absolute Gasteiger partial charge is 0.486 e. The summed E-state index contributed by atoms with van der Waals surface area (Å²) in [7, 11) is 4.27. The van der Waals surface area contributed by atoms with E-state index in [0.29, 0.717) is 16.5 Å². The summed E-state index contributed by atoms with van der Waals surface area (Å²) in [5, 5.41) is 11.7. The van der Waals surface area contributed by atoms with Gasteiger partial charge in [0.05, 0.1) is 25.5 Å². The van der Waals surface area contributed by atoms with E-state index in [-0.39, 0.29) is 33.7 Å². The lowest BCUT2D eigenvalue weighted by Gasteiger charge is -2.08. The summed E-state index contributed by atoms with van der Waals surface area (Å²) in [5.41, 5.74) is 2.84. The van der Waals surface area contributed by atoms with Gasteiger partial charge in [0.1, 0.15) is 22.2 Å². The molecular formula is C23H26N4O6S2. The number of carbonyl (C=O) groups is 3. The molecule has 0 atom stereocenters. The first-order chi connectivity index (χ1) is 16.7. The van der Waals surface area contributed by atoms with Gasteiger partial charge in [0.15, 0.2) is 11.0 Å². The highest BCUT2D eigenvalue weighted by atomic mass is 32.2. The quantitative estimate of drug-likeness (QED) is 0.334. The van der Waals surface area contributed by atoms with Crippen LogP contribution in [0.4, 0.5) is 5.00 Å². The molecule has 1 N–H and O–H groups in total. The summed E-state index contributed by atoms with van der Waals surface area (Å²) in [4.78, 5) is 37.1. The van der Waals surface area contributed by atoms with Crippen molar-refractivity contribution in [3.63, 3.8) is 0 Å². The zero-order valence-electron chi connectivity index (χ0n) is 20.3. The molecule has 0 saturated heterocycles. The van der Waals surface area contributed by atoms with Crippen LogP contribution < -0.4 is 10.1 Å². The Bertz CT molecular complexity index is 1270. The second-order valence-corrected chi connectivity index (χ2v) is 9.54. The molecule has 0 fully saturated rings. The number of rotatable bonds is 9. The maximum atomic E-state index is 12.6. The van der Waals surface area contributed by atoms with Crippen LogP contribution >= 0.6 is 23.1 Å². The van der Waals surface area contributed by atoms with Crippen molar-refractivity contribution >= 4 is 45.9 Å². The Morgan fingerprint density at radius 3 is 2.43 bits per heavy atom. The number of hydrogen-bond donors (Lipinski definition) is 1. The van der Waals surface area contributed by atoms with Crippen LogP contribution in [-0.4, -0.2) is 52.6 Å². The van der Waals surface area contributed by atoms with E-state index >= 15 is 0 Å². The maximum absolute atomic E-state index is 12.6. The number of nitrogens with zero attached hydrogens (tertiary/aromatic N) is 3. The van der Waals surface area contributed by atoms with Crippen molar-refractivity contribution in [3.05, 3.63) is 51.2 Å². The fraction of sp³-hybridized carbons (Fsp3) is 0.348. The number of ether oxygens (including phenoxy) is 3. The lowest BCUT2D eigenvalue weighted by atomic mass is 10.1. The minimum absolute atomic E-state index is 0.00903. The van der Waals surface area contributed by atoms with Gasteiger partial charge < -0.3 is 24.1 Å². The second kappa shape index (κ2) is 11.4. The molecule has 2 aromatic heterocycles. The summed E-state index contributed by atoms with van der Waals surface area (Å²) < 4.78 is 17.1. The zero-order chi connectivity index (χ0) is 25.7. The first-order valence-corrected chi connectivity index (χ1v) is 12.3. The molecule has 10 nitrogen and oxygen atoms in total. The van der Waals surface area contributed by atoms with Gasteiger partial charge in [-0.15, -0.1) is 21.5 Å². The van der Waals surface area contributed by atoms with E-state index in [1.54, 1.807) is 18.5 Å². The van der Waals surface area contributed by atoms with Crippen LogP contribution in [-0.2, 0) is 27.9 Å². The van der Waals surface area contributed by atoms with E-state index in [9.17, 15) is 14.4 Å². The van der Waals surface area contributed by atoms with Gasteiger partial charge in [0.2, 0.25) is 5.91 Å².